The monoisotopic (exact) mass is 253 g/mol. The van der Waals surface area contributed by atoms with Gasteiger partial charge in [0.25, 0.3) is 5.91 Å². The summed E-state index contributed by atoms with van der Waals surface area (Å²) in [6.07, 6.45) is 0.704. The Labute approximate surface area is 106 Å². The molecule has 0 aliphatic carbocycles. The third kappa shape index (κ3) is 3.09. The molecule has 1 rings (SSSR count). The summed E-state index contributed by atoms with van der Waals surface area (Å²) in [5.41, 5.74) is 1.15. The van der Waals surface area contributed by atoms with Gasteiger partial charge >= 0.3 is 5.97 Å². The third-order valence-electron chi connectivity index (χ3n) is 2.91. The molecule has 0 saturated carbocycles. The number of amides is 1. The van der Waals surface area contributed by atoms with Gasteiger partial charge in [-0.25, -0.2) is 0 Å². The fraction of sp³-hybridized carbons (Fsp3) is 0.583. The zero-order valence-corrected chi connectivity index (χ0v) is 11.2. The largest absolute Gasteiger partial charge is 0.480 e. The minimum atomic E-state index is -1.01. The summed E-state index contributed by atoms with van der Waals surface area (Å²) < 4.78 is 1.48. The number of carboxylic acids is 1. The van der Waals surface area contributed by atoms with Crippen molar-refractivity contribution < 1.29 is 14.7 Å². The summed E-state index contributed by atoms with van der Waals surface area (Å²) in [7, 11) is 1.68. The van der Waals surface area contributed by atoms with Crippen LogP contribution in [0.5, 0.6) is 0 Å². The molecule has 0 aromatic carbocycles. The van der Waals surface area contributed by atoms with E-state index in [-0.39, 0.29) is 18.5 Å². The van der Waals surface area contributed by atoms with Crippen molar-refractivity contribution >= 4 is 11.9 Å². The van der Waals surface area contributed by atoms with Gasteiger partial charge in [0.2, 0.25) is 0 Å². The number of carbonyl (C=O) groups excluding carboxylic acids is 1. The second-order valence-corrected chi connectivity index (χ2v) is 4.38. The van der Waals surface area contributed by atoms with Gasteiger partial charge in [-0.2, -0.15) is 5.10 Å². The van der Waals surface area contributed by atoms with Gasteiger partial charge in [0.15, 0.2) is 0 Å². The van der Waals surface area contributed by atoms with E-state index in [1.165, 1.54) is 9.58 Å². The Hall–Kier alpha value is -1.85. The first-order valence-corrected chi connectivity index (χ1v) is 5.90. The Balaban J connectivity index is 3.02. The lowest BCUT2D eigenvalue weighted by Crippen LogP contribution is -2.42. The van der Waals surface area contributed by atoms with Gasteiger partial charge in [-0.05, 0) is 26.3 Å². The topological polar surface area (TPSA) is 75.4 Å². The van der Waals surface area contributed by atoms with Gasteiger partial charge in [-0.15, -0.1) is 0 Å². The van der Waals surface area contributed by atoms with Crippen LogP contribution in [0.15, 0.2) is 6.07 Å². The van der Waals surface area contributed by atoms with E-state index < -0.39 is 5.97 Å². The van der Waals surface area contributed by atoms with Crippen LogP contribution in [-0.4, -0.2) is 44.3 Å². The van der Waals surface area contributed by atoms with E-state index in [0.717, 1.165) is 5.69 Å². The highest BCUT2D eigenvalue weighted by Gasteiger charge is 2.25. The van der Waals surface area contributed by atoms with E-state index in [4.69, 9.17) is 5.11 Å². The van der Waals surface area contributed by atoms with Crippen molar-refractivity contribution in [3.05, 3.63) is 17.5 Å². The molecule has 0 aliphatic heterocycles. The van der Waals surface area contributed by atoms with Gasteiger partial charge in [-0.3, -0.25) is 14.3 Å². The maximum atomic E-state index is 12.3. The summed E-state index contributed by atoms with van der Waals surface area (Å²) in [6, 6.07) is 1.54. The Morgan fingerprint density at radius 2 is 2.17 bits per heavy atom. The highest BCUT2D eigenvalue weighted by molar-refractivity contribution is 5.94. The minimum Gasteiger partial charge on any atom is -0.480 e. The molecule has 0 unspecified atom stereocenters. The molecule has 6 nitrogen and oxygen atoms in total. The van der Waals surface area contributed by atoms with Crippen LogP contribution in [0.2, 0.25) is 0 Å². The molecule has 1 atom stereocenters. The molecule has 1 N–H and O–H groups in total. The first-order valence-electron chi connectivity index (χ1n) is 5.90. The van der Waals surface area contributed by atoms with Gasteiger partial charge in [0, 0.05) is 13.1 Å². The molecule has 1 aromatic heterocycles. The van der Waals surface area contributed by atoms with Crippen LogP contribution >= 0.6 is 0 Å². The molecule has 100 valence electrons. The van der Waals surface area contributed by atoms with Crippen LogP contribution in [0.1, 0.15) is 36.5 Å². The standard InChI is InChI=1S/C12H19N3O3/c1-5-9(3)15(7-11(16)17)12(18)10-6-8(2)13-14(10)4/h6,9H,5,7H2,1-4H3,(H,16,17)/t9-/m0/s1. The molecule has 1 amide bonds. The van der Waals surface area contributed by atoms with E-state index in [0.29, 0.717) is 12.1 Å². The fourth-order valence-electron chi connectivity index (χ4n) is 1.75. The first kappa shape index (κ1) is 14.2. The molecule has 1 aromatic rings. The van der Waals surface area contributed by atoms with E-state index >= 15 is 0 Å². The lowest BCUT2D eigenvalue weighted by atomic mass is 10.2. The third-order valence-corrected chi connectivity index (χ3v) is 2.91. The Morgan fingerprint density at radius 3 is 2.56 bits per heavy atom. The van der Waals surface area contributed by atoms with Crippen molar-refractivity contribution in [1.29, 1.82) is 0 Å². The molecule has 1 heterocycles. The lowest BCUT2D eigenvalue weighted by Gasteiger charge is -2.26. The van der Waals surface area contributed by atoms with Gasteiger partial charge in [-0.1, -0.05) is 6.92 Å². The predicted molar refractivity (Wildman–Crippen MR) is 66.4 cm³/mol. The van der Waals surface area contributed by atoms with Crippen LogP contribution in [0.3, 0.4) is 0 Å². The highest BCUT2D eigenvalue weighted by atomic mass is 16.4. The first-order chi connectivity index (χ1) is 8.36. The SMILES string of the molecule is CC[C@H](C)N(CC(=O)O)C(=O)c1cc(C)nn1C. The summed E-state index contributed by atoms with van der Waals surface area (Å²) in [5.74, 6) is -1.31. The highest BCUT2D eigenvalue weighted by Crippen LogP contribution is 2.11. The zero-order valence-electron chi connectivity index (χ0n) is 11.2. The summed E-state index contributed by atoms with van der Waals surface area (Å²) in [5, 5.41) is 13.0. The van der Waals surface area contributed by atoms with Crippen molar-refractivity contribution in [2.45, 2.75) is 33.2 Å². The Kier molecular flexibility index (Phi) is 4.47. The van der Waals surface area contributed by atoms with Crippen LogP contribution in [0.25, 0.3) is 0 Å². The number of carbonyl (C=O) groups is 2. The number of carboxylic acid groups (broad SMARTS) is 1. The number of rotatable bonds is 5. The molecule has 0 bridgehead atoms. The van der Waals surface area contributed by atoms with Crippen LogP contribution < -0.4 is 0 Å². The predicted octanol–water partition coefficient (Wildman–Crippen LogP) is 1.05. The second-order valence-electron chi connectivity index (χ2n) is 4.38. The van der Waals surface area contributed by atoms with Crippen LogP contribution in [0.4, 0.5) is 0 Å². The van der Waals surface area contributed by atoms with Crippen molar-refractivity contribution in [2.24, 2.45) is 7.05 Å². The summed E-state index contributed by atoms with van der Waals surface area (Å²) >= 11 is 0. The number of aryl methyl sites for hydroxylation is 2. The second kappa shape index (κ2) is 5.66. The smallest absolute Gasteiger partial charge is 0.323 e. The zero-order chi connectivity index (χ0) is 13.9. The van der Waals surface area contributed by atoms with Gasteiger partial charge in [0.1, 0.15) is 12.2 Å². The molecule has 18 heavy (non-hydrogen) atoms. The average Bonchev–Trinajstić information content (AvgIpc) is 2.63. The normalized spacial score (nSPS) is 12.2. The maximum Gasteiger partial charge on any atom is 0.323 e. The number of aromatic nitrogens is 2. The van der Waals surface area contributed by atoms with Crippen LogP contribution in [0, 0.1) is 6.92 Å². The number of hydrogen-bond acceptors (Lipinski definition) is 3. The lowest BCUT2D eigenvalue weighted by molar-refractivity contribution is -0.138. The van der Waals surface area contributed by atoms with Crippen LogP contribution in [-0.2, 0) is 11.8 Å². The van der Waals surface area contributed by atoms with Gasteiger partial charge in [0.05, 0.1) is 5.69 Å². The molecular weight excluding hydrogens is 234 g/mol. The van der Waals surface area contributed by atoms with Gasteiger partial charge < -0.3 is 10.0 Å². The number of aliphatic carboxylic acids is 1. The van der Waals surface area contributed by atoms with E-state index in [1.807, 2.05) is 13.8 Å². The van der Waals surface area contributed by atoms with E-state index in [2.05, 4.69) is 5.10 Å². The molecule has 0 saturated heterocycles. The van der Waals surface area contributed by atoms with Crippen molar-refractivity contribution in [3.63, 3.8) is 0 Å². The van der Waals surface area contributed by atoms with E-state index in [9.17, 15) is 9.59 Å². The maximum absolute atomic E-state index is 12.3. The number of nitrogens with zero attached hydrogens (tertiary/aromatic N) is 3. The minimum absolute atomic E-state index is 0.121. The number of hydrogen-bond donors (Lipinski definition) is 1. The quantitative estimate of drug-likeness (QED) is 0.851. The summed E-state index contributed by atoms with van der Waals surface area (Å²) in [6.45, 7) is 5.25. The molecule has 0 aliphatic rings. The molecule has 0 fully saturated rings. The van der Waals surface area contributed by atoms with Crippen molar-refractivity contribution in [3.8, 4) is 0 Å². The Bertz CT molecular complexity index is 453. The molecular formula is C12H19N3O3. The van der Waals surface area contributed by atoms with E-state index in [1.54, 1.807) is 20.0 Å². The molecule has 6 heteroatoms. The Morgan fingerprint density at radius 1 is 1.56 bits per heavy atom. The average molecular weight is 253 g/mol. The van der Waals surface area contributed by atoms with Crippen molar-refractivity contribution in [2.75, 3.05) is 6.54 Å². The molecule has 0 spiro atoms. The summed E-state index contributed by atoms with van der Waals surface area (Å²) in [4.78, 5) is 24.5. The van der Waals surface area contributed by atoms with Crippen molar-refractivity contribution in [1.82, 2.24) is 14.7 Å². The fourth-order valence-corrected chi connectivity index (χ4v) is 1.75. The molecule has 0 radical (unpaired) electrons.